The fraction of sp³-hybridized carbons (Fsp3) is 0.214. The number of hydrogen-bond donors (Lipinski definition) is 2. The summed E-state index contributed by atoms with van der Waals surface area (Å²) < 4.78 is 0. The van der Waals surface area contributed by atoms with Gasteiger partial charge in [0.1, 0.15) is 0 Å². The highest BCUT2D eigenvalue weighted by Crippen LogP contribution is 2.29. The highest BCUT2D eigenvalue weighted by Gasteiger charge is 2.07. The minimum Gasteiger partial charge on any atom is -0.396 e. The van der Waals surface area contributed by atoms with Crippen LogP contribution in [0.3, 0.4) is 0 Å². The summed E-state index contributed by atoms with van der Waals surface area (Å²) in [6.45, 7) is 1.97. The predicted molar refractivity (Wildman–Crippen MR) is 77.4 cm³/mol. The lowest BCUT2D eigenvalue weighted by molar-refractivity contribution is 1.13. The number of nitrogens with one attached hydrogen (secondary N) is 1. The number of nitrogens with zero attached hydrogens (tertiary/aromatic N) is 2. The molecule has 1 heterocycles. The molecule has 1 aromatic heterocycles. The molecule has 3 N–H and O–H groups in total. The van der Waals surface area contributed by atoms with E-state index in [0.29, 0.717) is 11.5 Å². The van der Waals surface area contributed by atoms with Crippen molar-refractivity contribution < 1.29 is 0 Å². The third kappa shape index (κ3) is 2.37. The Morgan fingerprint density at radius 2 is 1.89 bits per heavy atom. The lowest BCUT2D eigenvalue weighted by Crippen LogP contribution is -2.11. The molecule has 0 spiro atoms. The zero-order chi connectivity index (χ0) is 13.1. The molecule has 4 nitrogen and oxygen atoms in total. The highest BCUT2D eigenvalue weighted by molar-refractivity contribution is 5.78. The molecule has 0 aliphatic rings. The average molecular weight is 242 g/mol. The average Bonchev–Trinajstić information content (AvgIpc) is 2.35. The predicted octanol–water partition coefficient (Wildman–Crippen LogP) is 2.78. The van der Waals surface area contributed by atoms with Crippen LogP contribution < -0.4 is 16.0 Å². The van der Waals surface area contributed by atoms with Crippen molar-refractivity contribution in [1.29, 1.82) is 0 Å². The third-order valence-corrected chi connectivity index (χ3v) is 2.85. The number of hydrogen-bond acceptors (Lipinski definition) is 4. The minimum absolute atomic E-state index is 0.686. The van der Waals surface area contributed by atoms with E-state index in [-0.39, 0.29) is 0 Å². The minimum atomic E-state index is 0.686. The first-order chi connectivity index (χ1) is 8.59. The van der Waals surface area contributed by atoms with Crippen molar-refractivity contribution in [3.63, 3.8) is 0 Å². The summed E-state index contributed by atoms with van der Waals surface area (Å²) in [5.74, 6) is 0.698. The van der Waals surface area contributed by atoms with E-state index in [4.69, 9.17) is 5.73 Å². The Labute approximate surface area is 107 Å². The summed E-state index contributed by atoms with van der Waals surface area (Å²) in [4.78, 5) is 6.33. The second kappa shape index (κ2) is 4.96. The molecule has 2 rings (SSSR count). The van der Waals surface area contributed by atoms with Crippen LogP contribution >= 0.6 is 0 Å². The van der Waals surface area contributed by atoms with Crippen LogP contribution in [-0.4, -0.2) is 19.1 Å². The van der Waals surface area contributed by atoms with Crippen molar-refractivity contribution in [2.24, 2.45) is 0 Å². The Bertz CT molecular complexity index is 549. The van der Waals surface area contributed by atoms with Crippen LogP contribution in [0.1, 0.15) is 5.56 Å². The zero-order valence-electron chi connectivity index (χ0n) is 10.9. The number of anilines is 4. The van der Waals surface area contributed by atoms with Gasteiger partial charge in [0.25, 0.3) is 0 Å². The lowest BCUT2D eigenvalue weighted by atomic mass is 10.2. The standard InChI is InChI=1S/C14H18N4/c1-10-8-9-16-14(13(10)15)17-11-6-4-5-7-12(11)18(2)3/h4-9H,15H2,1-3H3,(H,16,17). The third-order valence-electron chi connectivity index (χ3n) is 2.85. The van der Waals surface area contributed by atoms with Crippen molar-refractivity contribution in [1.82, 2.24) is 4.98 Å². The molecule has 0 saturated heterocycles. The number of rotatable bonds is 3. The Hall–Kier alpha value is -2.23. The van der Waals surface area contributed by atoms with E-state index < -0.39 is 0 Å². The van der Waals surface area contributed by atoms with Gasteiger partial charge in [0.2, 0.25) is 0 Å². The van der Waals surface area contributed by atoms with Gasteiger partial charge in [0.05, 0.1) is 17.1 Å². The largest absolute Gasteiger partial charge is 0.396 e. The first kappa shape index (κ1) is 12.2. The second-order valence-corrected chi connectivity index (χ2v) is 4.43. The summed E-state index contributed by atoms with van der Waals surface area (Å²) in [7, 11) is 4.01. The molecule has 18 heavy (non-hydrogen) atoms. The monoisotopic (exact) mass is 242 g/mol. The molecule has 1 aromatic carbocycles. The van der Waals surface area contributed by atoms with E-state index in [1.54, 1.807) is 6.20 Å². The molecule has 4 heteroatoms. The molecule has 0 saturated carbocycles. The van der Waals surface area contributed by atoms with Crippen LogP contribution in [0.4, 0.5) is 22.9 Å². The van der Waals surface area contributed by atoms with Gasteiger partial charge >= 0.3 is 0 Å². The molecule has 0 radical (unpaired) electrons. The van der Waals surface area contributed by atoms with Crippen molar-refractivity contribution in [3.8, 4) is 0 Å². The van der Waals surface area contributed by atoms with Gasteiger partial charge in [-0.25, -0.2) is 4.98 Å². The fourth-order valence-electron chi connectivity index (χ4n) is 1.77. The molecular weight excluding hydrogens is 224 g/mol. The number of benzene rings is 1. The van der Waals surface area contributed by atoms with Gasteiger partial charge in [0.15, 0.2) is 5.82 Å². The number of nitrogen functional groups attached to an aromatic ring is 1. The van der Waals surface area contributed by atoms with Gasteiger partial charge in [-0.1, -0.05) is 12.1 Å². The van der Waals surface area contributed by atoms with Crippen LogP contribution in [0.15, 0.2) is 36.5 Å². The van der Waals surface area contributed by atoms with Crippen LogP contribution in [0, 0.1) is 6.92 Å². The van der Waals surface area contributed by atoms with E-state index in [0.717, 1.165) is 16.9 Å². The number of nitrogens with two attached hydrogens (primary N) is 1. The first-order valence-electron chi connectivity index (χ1n) is 5.84. The number of pyridine rings is 1. The van der Waals surface area contributed by atoms with Crippen molar-refractivity contribution in [2.45, 2.75) is 6.92 Å². The molecule has 0 aliphatic carbocycles. The van der Waals surface area contributed by atoms with Crippen LogP contribution in [0.25, 0.3) is 0 Å². The number of aromatic nitrogens is 1. The molecule has 2 aromatic rings. The highest BCUT2D eigenvalue weighted by atomic mass is 15.1. The van der Waals surface area contributed by atoms with Crippen LogP contribution in [0.2, 0.25) is 0 Å². The Morgan fingerprint density at radius 3 is 2.61 bits per heavy atom. The molecule has 0 atom stereocenters. The number of aryl methyl sites for hydroxylation is 1. The molecule has 0 fully saturated rings. The zero-order valence-corrected chi connectivity index (χ0v) is 10.9. The lowest BCUT2D eigenvalue weighted by Gasteiger charge is -2.18. The fourth-order valence-corrected chi connectivity index (χ4v) is 1.77. The van der Waals surface area contributed by atoms with Crippen molar-refractivity contribution in [3.05, 3.63) is 42.1 Å². The summed E-state index contributed by atoms with van der Waals surface area (Å²) in [6, 6.07) is 9.96. The van der Waals surface area contributed by atoms with Gasteiger partial charge < -0.3 is 16.0 Å². The number of para-hydroxylation sites is 2. The Morgan fingerprint density at radius 1 is 1.17 bits per heavy atom. The molecule has 0 bridgehead atoms. The summed E-state index contributed by atoms with van der Waals surface area (Å²) >= 11 is 0. The molecule has 0 unspecified atom stereocenters. The van der Waals surface area contributed by atoms with Gasteiger partial charge in [0, 0.05) is 20.3 Å². The van der Waals surface area contributed by atoms with E-state index >= 15 is 0 Å². The summed E-state index contributed by atoms with van der Waals surface area (Å²) in [5, 5.41) is 3.29. The second-order valence-electron chi connectivity index (χ2n) is 4.43. The van der Waals surface area contributed by atoms with Crippen molar-refractivity contribution >= 4 is 22.9 Å². The van der Waals surface area contributed by atoms with E-state index in [1.165, 1.54) is 0 Å². The van der Waals surface area contributed by atoms with Gasteiger partial charge in [-0.05, 0) is 30.7 Å². The Balaban J connectivity index is 2.37. The van der Waals surface area contributed by atoms with E-state index in [9.17, 15) is 0 Å². The summed E-state index contributed by atoms with van der Waals surface area (Å²) in [6.07, 6.45) is 1.76. The first-order valence-corrected chi connectivity index (χ1v) is 5.84. The smallest absolute Gasteiger partial charge is 0.153 e. The maximum Gasteiger partial charge on any atom is 0.153 e. The molecule has 0 amide bonds. The van der Waals surface area contributed by atoms with E-state index in [1.807, 2.05) is 56.3 Å². The molecule has 94 valence electrons. The van der Waals surface area contributed by atoms with E-state index in [2.05, 4.69) is 10.3 Å². The quantitative estimate of drug-likeness (QED) is 0.869. The Kier molecular flexibility index (Phi) is 3.37. The van der Waals surface area contributed by atoms with Crippen LogP contribution in [-0.2, 0) is 0 Å². The summed E-state index contributed by atoms with van der Waals surface area (Å²) in [5.41, 5.74) is 9.82. The topological polar surface area (TPSA) is 54.2 Å². The maximum atomic E-state index is 6.02. The normalized spacial score (nSPS) is 10.2. The molecular formula is C14H18N4. The van der Waals surface area contributed by atoms with Crippen molar-refractivity contribution in [2.75, 3.05) is 30.0 Å². The van der Waals surface area contributed by atoms with Gasteiger partial charge in [-0.15, -0.1) is 0 Å². The van der Waals surface area contributed by atoms with Gasteiger partial charge in [-0.3, -0.25) is 0 Å². The van der Waals surface area contributed by atoms with Crippen LogP contribution in [0.5, 0.6) is 0 Å². The maximum absolute atomic E-state index is 6.02. The molecule has 0 aliphatic heterocycles. The van der Waals surface area contributed by atoms with Gasteiger partial charge in [-0.2, -0.15) is 0 Å². The SMILES string of the molecule is Cc1ccnc(Nc2ccccc2N(C)C)c1N.